The molecule has 21 heavy (non-hydrogen) atoms. The molecule has 1 aromatic rings. The number of aliphatic hydroxyl groups excluding tert-OH is 1. The smallest absolute Gasteiger partial charge is 0.253 e. The molecule has 1 fully saturated rings. The van der Waals surface area contributed by atoms with E-state index in [1.54, 1.807) is 19.0 Å². The molecule has 0 radical (unpaired) electrons. The molecule has 0 bridgehead atoms. The van der Waals surface area contributed by atoms with E-state index >= 15 is 0 Å². The molecule has 0 aliphatic carbocycles. The Morgan fingerprint density at radius 2 is 1.67 bits per heavy atom. The number of rotatable bonds is 5. The monoisotopic (exact) mass is 291 g/mol. The number of carbonyl (C=O) groups excluding carboxylic acids is 1. The second-order valence-corrected chi connectivity index (χ2v) is 5.74. The second-order valence-electron chi connectivity index (χ2n) is 5.74. The van der Waals surface area contributed by atoms with E-state index in [2.05, 4.69) is 9.80 Å². The zero-order chi connectivity index (χ0) is 15.2. The molecule has 1 aliphatic heterocycles. The van der Waals surface area contributed by atoms with Crippen molar-refractivity contribution >= 4 is 5.91 Å². The molecule has 0 spiro atoms. The van der Waals surface area contributed by atoms with Crippen molar-refractivity contribution in [2.75, 3.05) is 53.4 Å². The maximum atomic E-state index is 11.8. The lowest BCUT2D eigenvalue weighted by Crippen LogP contribution is -2.46. The van der Waals surface area contributed by atoms with Crippen molar-refractivity contribution in [2.45, 2.75) is 6.54 Å². The SMILES string of the molecule is CN(C)C(=O)c1ccc(CN2CCN(CCO)CC2)cc1. The van der Waals surface area contributed by atoms with E-state index in [1.165, 1.54) is 5.56 Å². The van der Waals surface area contributed by atoms with Gasteiger partial charge in [-0.15, -0.1) is 0 Å². The zero-order valence-electron chi connectivity index (χ0n) is 13.0. The summed E-state index contributed by atoms with van der Waals surface area (Å²) in [6.07, 6.45) is 0. The van der Waals surface area contributed by atoms with Crippen molar-refractivity contribution in [3.8, 4) is 0 Å². The minimum absolute atomic E-state index is 0.0409. The number of β-amino-alcohol motifs (C(OH)–C–C–N with tert-alkyl or cyclic N) is 1. The summed E-state index contributed by atoms with van der Waals surface area (Å²) in [5, 5.41) is 8.94. The van der Waals surface area contributed by atoms with Crippen molar-refractivity contribution in [1.82, 2.24) is 14.7 Å². The first kappa shape index (κ1) is 15.9. The van der Waals surface area contributed by atoms with Crippen LogP contribution < -0.4 is 0 Å². The maximum absolute atomic E-state index is 11.8. The van der Waals surface area contributed by atoms with Gasteiger partial charge in [0.05, 0.1) is 6.61 Å². The quantitative estimate of drug-likeness (QED) is 0.858. The van der Waals surface area contributed by atoms with Gasteiger partial charge in [0.2, 0.25) is 0 Å². The van der Waals surface area contributed by atoms with Crippen LogP contribution in [-0.2, 0) is 6.54 Å². The molecule has 0 aromatic heterocycles. The number of amides is 1. The van der Waals surface area contributed by atoms with E-state index in [1.807, 2.05) is 24.3 Å². The average molecular weight is 291 g/mol. The highest BCUT2D eigenvalue weighted by Gasteiger charge is 2.16. The van der Waals surface area contributed by atoms with E-state index in [4.69, 9.17) is 5.11 Å². The van der Waals surface area contributed by atoms with Crippen LogP contribution in [0.1, 0.15) is 15.9 Å². The molecule has 1 saturated heterocycles. The first-order valence-corrected chi connectivity index (χ1v) is 7.46. The van der Waals surface area contributed by atoms with E-state index in [9.17, 15) is 4.79 Å². The highest BCUT2D eigenvalue weighted by Crippen LogP contribution is 2.11. The van der Waals surface area contributed by atoms with Crippen molar-refractivity contribution in [3.05, 3.63) is 35.4 Å². The summed E-state index contributed by atoms with van der Waals surface area (Å²) in [5.41, 5.74) is 1.97. The van der Waals surface area contributed by atoms with E-state index in [0.717, 1.165) is 44.8 Å². The number of aliphatic hydroxyl groups is 1. The maximum Gasteiger partial charge on any atom is 0.253 e. The molecule has 116 valence electrons. The van der Waals surface area contributed by atoms with Gasteiger partial charge in [0.1, 0.15) is 0 Å². The average Bonchev–Trinajstić information content (AvgIpc) is 2.49. The molecule has 2 rings (SSSR count). The number of carbonyl (C=O) groups is 1. The summed E-state index contributed by atoms with van der Waals surface area (Å²) in [5.74, 6) is 0.0409. The lowest BCUT2D eigenvalue weighted by Gasteiger charge is -2.34. The van der Waals surface area contributed by atoms with Crippen LogP contribution in [0.25, 0.3) is 0 Å². The summed E-state index contributed by atoms with van der Waals surface area (Å²) in [4.78, 5) is 18.1. The largest absolute Gasteiger partial charge is 0.395 e. The summed E-state index contributed by atoms with van der Waals surface area (Å²) < 4.78 is 0. The Hall–Kier alpha value is -1.43. The molecule has 5 nitrogen and oxygen atoms in total. The van der Waals surface area contributed by atoms with Crippen LogP contribution in [0, 0.1) is 0 Å². The molecule has 0 atom stereocenters. The molecule has 0 saturated carbocycles. The number of hydrogen-bond acceptors (Lipinski definition) is 4. The molecule has 1 aliphatic rings. The van der Waals surface area contributed by atoms with Crippen LogP contribution >= 0.6 is 0 Å². The lowest BCUT2D eigenvalue weighted by atomic mass is 10.1. The Morgan fingerprint density at radius 1 is 1.10 bits per heavy atom. The first-order valence-electron chi connectivity index (χ1n) is 7.46. The topological polar surface area (TPSA) is 47.0 Å². The standard InChI is InChI=1S/C16H25N3O2/c1-17(2)16(21)15-5-3-14(4-6-15)13-19-9-7-18(8-10-19)11-12-20/h3-6,20H,7-13H2,1-2H3. The van der Waals surface area contributed by atoms with E-state index in [0.29, 0.717) is 0 Å². The Labute approximate surface area is 126 Å². The Balaban J connectivity index is 1.85. The molecular weight excluding hydrogens is 266 g/mol. The lowest BCUT2D eigenvalue weighted by molar-refractivity contribution is 0.0827. The summed E-state index contributed by atoms with van der Waals surface area (Å²) in [6.45, 7) is 6.01. The minimum atomic E-state index is 0.0409. The van der Waals surface area contributed by atoms with Gasteiger partial charge in [-0.1, -0.05) is 12.1 Å². The minimum Gasteiger partial charge on any atom is -0.395 e. The Morgan fingerprint density at radius 3 is 2.19 bits per heavy atom. The van der Waals surface area contributed by atoms with Gasteiger partial charge in [-0.3, -0.25) is 14.6 Å². The van der Waals surface area contributed by atoms with Gasteiger partial charge in [0.25, 0.3) is 5.91 Å². The zero-order valence-corrected chi connectivity index (χ0v) is 13.0. The molecule has 1 aromatic carbocycles. The molecule has 1 N–H and O–H groups in total. The highest BCUT2D eigenvalue weighted by molar-refractivity contribution is 5.93. The normalized spacial score (nSPS) is 16.9. The fraction of sp³-hybridized carbons (Fsp3) is 0.562. The molecule has 1 amide bonds. The summed E-state index contributed by atoms with van der Waals surface area (Å²) in [6, 6.07) is 7.88. The van der Waals surface area contributed by atoms with Crippen LogP contribution in [0.4, 0.5) is 0 Å². The van der Waals surface area contributed by atoms with E-state index in [-0.39, 0.29) is 12.5 Å². The van der Waals surface area contributed by atoms with Gasteiger partial charge in [-0.05, 0) is 17.7 Å². The Bertz CT molecular complexity index is 451. The summed E-state index contributed by atoms with van der Waals surface area (Å²) in [7, 11) is 3.53. The first-order chi connectivity index (χ1) is 10.1. The van der Waals surface area contributed by atoms with Crippen LogP contribution in [0.5, 0.6) is 0 Å². The van der Waals surface area contributed by atoms with Crippen molar-refractivity contribution in [1.29, 1.82) is 0 Å². The fourth-order valence-corrected chi connectivity index (χ4v) is 2.58. The third-order valence-electron chi connectivity index (χ3n) is 3.89. The van der Waals surface area contributed by atoms with Crippen LogP contribution in [0.2, 0.25) is 0 Å². The molecular formula is C16H25N3O2. The number of nitrogens with zero attached hydrogens (tertiary/aromatic N) is 3. The molecule has 1 heterocycles. The van der Waals surface area contributed by atoms with Crippen LogP contribution in [-0.4, -0.2) is 79.1 Å². The van der Waals surface area contributed by atoms with Gasteiger partial charge in [0.15, 0.2) is 0 Å². The second kappa shape index (κ2) is 7.54. The van der Waals surface area contributed by atoms with Crippen LogP contribution in [0.15, 0.2) is 24.3 Å². The van der Waals surface area contributed by atoms with Gasteiger partial charge >= 0.3 is 0 Å². The van der Waals surface area contributed by atoms with Gasteiger partial charge in [0, 0.05) is 58.9 Å². The van der Waals surface area contributed by atoms with Gasteiger partial charge in [-0.25, -0.2) is 0 Å². The van der Waals surface area contributed by atoms with Crippen LogP contribution in [0.3, 0.4) is 0 Å². The molecule has 0 unspecified atom stereocenters. The van der Waals surface area contributed by atoms with Crippen molar-refractivity contribution in [3.63, 3.8) is 0 Å². The van der Waals surface area contributed by atoms with Crippen molar-refractivity contribution < 1.29 is 9.90 Å². The highest BCUT2D eigenvalue weighted by atomic mass is 16.3. The Kier molecular flexibility index (Phi) is 5.73. The number of hydrogen-bond donors (Lipinski definition) is 1. The van der Waals surface area contributed by atoms with Gasteiger partial charge in [-0.2, -0.15) is 0 Å². The third kappa shape index (κ3) is 4.52. The summed E-state index contributed by atoms with van der Waals surface area (Å²) >= 11 is 0. The fourth-order valence-electron chi connectivity index (χ4n) is 2.58. The predicted molar refractivity (Wildman–Crippen MR) is 83.3 cm³/mol. The number of piperazine rings is 1. The molecule has 5 heteroatoms. The number of benzene rings is 1. The van der Waals surface area contributed by atoms with Crippen molar-refractivity contribution in [2.24, 2.45) is 0 Å². The third-order valence-corrected chi connectivity index (χ3v) is 3.89. The van der Waals surface area contributed by atoms with E-state index < -0.39 is 0 Å². The predicted octanol–water partition coefficient (Wildman–Crippen LogP) is 0.498. The van der Waals surface area contributed by atoms with Gasteiger partial charge < -0.3 is 10.0 Å².